The molecule has 1 amide bonds. The SMILES string of the molecule is COc1ccccc1/C=C/C(=O)OCC(=O)Nc1ccccc1OC(F)F. The van der Waals surface area contributed by atoms with Gasteiger partial charge in [-0.2, -0.15) is 8.78 Å². The zero-order valence-corrected chi connectivity index (χ0v) is 14.4. The first kappa shape index (κ1) is 19.9. The van der Waals surface area contributed by atoms with E-state index in [2.05, 4.69) is 10.1 Å². The van der Waals surface area contributed by atoms with Gasteiger partial charge in [0.2, 0.25) is 0 Å². The zero-order valence-electron chi connectivity index (χ0n) is 14.4. The number of hydrogen-bond donors (Lipinski definition) is 1. The van der Waals surface area contributed by atoms with Crippen LogP contribution < -0.4 is 14.8 Å². The van der Waals surface area contributed by atoms with Crippen molar-refractivity contribution in [1.82, 2.24) is 0 Å². The van der Waals surface area contributed by atoms with Gasteiger partial charge in [-0.05, 0) is 24.3 Å². The standard InChI is InChI=1S/C19H17F2NO5/c1-25-15-8-4-2-6-13(15)10-11-18(24)26-12-17(23)22-14-7-3-5-9-16(14)27-19(20)21/h2-11,19H,12H2,1H3,(H,22,23)/b11-10+. The van der Waals surface area contributed by atoms with Crippen LogP contribution in [0.25, 0.3) is 6.08 Å². The number of carbonyl (C=O) groups excluding carboxylic acids is 2. The maximum atomic E-state index is 12.3. The summed E-state index contributed by atoms with van der Waals surface area (Å²) in [5.41, 5.74) is 0.711. The molecular weight excluding hydrogens is 360 g/mol. The largest absolute Gasteiger partial charge is 0.496 e. The van der Waals surface area contributed by atoms with Gasteiger partial charge in [-0.15, -0.1) is 0 Å². The average molecular weight is 377 g/mol. The molecule has 0 heterocycles. The molecule has 8 heteroatoms. The van der Waals surface area contributed by atoms with Crippen LogP contribution in [-0.4, -0.2) is 32.2 Å². The molecule has 2 rings (SSSR count). The Morgan fingerprint density at radius 2 is 1.74 bits per heavy atom. The van der Waals surface area contributed by atoms with Crippen molar-refractivity contribution in [2.75, 3.05) is 19.0 Å². The molecule has 0 saturated carbocycles. The van der Waals surface area contributed by atoms with E-state index in [9.17, 15) is 18.4 Å². The summed E-state index contributed by atoms with van der Waals surface area (Å²) in [5, 5.41) is 2.34. The smallest absolute Gasteiger partial charge is 0.387 e. The molecule has 0 unspecified atom stereocenters. The van der Waals surface area contributed by atoms with Crippen molar-refractivity contribution in [3.8, 4) is 11.5 Å². The van der Waals surface area contributed by atoms with Crippen molar-refractivity contribution < 1.29 is 32.6 Å². The Morgan fingerprint density at radius 3 is 2.44 bits per heavy atom. The summed E-state index contributed by atoms with van der Waals surface area (Å²) >= 11 is 0. The number of alkyl halides is 2. The highest BCUT2D eigenvalue weighted by Crippen LogP contribution is 2.25. The van der Waals surface area contributed by atoms with Crippen molar-refractivity contribution in [1.29, 1.82) is 0 Å². The van der Waals surface area contributed by atoms with Crippen LogP contribution in [0.3, 0.4) is 0 Å². The maximum Gasteiger partial charge on any atom is 0.387 e. The number of para-hydroxylation sites is 3. The Bertz CT molecular complexity index is 823. The van der Waals surface area contributed by atoms with Gasteiger partial charge in [-0.25, -0.2) is 4.79 Å². The Morgan fingerprint density at radius 1 is 1.07 bits per heavy atom. The molecule has 0 saturated heterocycles. The molecule has 0 atom stereocenters. The number of anilines is 1. The van der Waals surface area contributed by atoms with Gasteiger partial charge < -0.3 is 19.5 Å². The monoisotopic (exact) mass is 377 g/mol. The predicted octanol–water partition coefficient (Wildman–Crippen LogP) is 3.49. The number of ether oxygens (including phenoxy) is 3. The first-order valence-electron chi connectivity index (χ1n) is 7.81. The van der Waals surface area contributed by atoms with Crippen LogP contribution in [0.15, 0.2) is 54.6 Å². The molecule has 2 aromatic carbocycles. The van der Waals surface area contributed by atoms with E-state index in [-0.39, 0.29) is 11.4 Å². The third-order valence-corrected chi connectivity index (χ3v) is 3.26. The van der Waals surface area contributed by atoms with Gasteiger partial charge in [0, 0.05) is 11.6 Å². The van der Waals surface area contributed by atoms with Crippen molar-refractivity contribution in [3.63, 3.8) is 0 Å². The van der Waals surface area contributed by atoms with E-state index >= 15 is 0 Å². The van der Waals surface area contributed by atoms with Crippen molar-refractivity contribution in [2.45, 2.75) is 6.61 Å². The highest BCUT2D eigenvalue weighted by molar-refractivity contribution is 5.95. The van der Waals surface area contributed by atoms with Gasteiger partial charge in [-0.1, -0.05) is 30.3 Å². The number of methoxy groups -OCH3 is 1. The van der Waals surface area contributed by atoms with Crippen LogP contribution in [0.4, 0.5) is 14.5 Å². The van der Waals surface area contributed by atoms with E-state index in [1.54, 1.807) is 24.3 Å². The minimum Gasteiger partial charge on any atom is -0.496 e. The van der Waals surface area contributed by atoms with Gasteiger partial charge in [-0.3, -0.25) is 4.79 Å². The van der Waals surface area contributed by atoms with E-state index in [1.165, 1.54) is 37.5 Å². The number of rotatable bonds is 8. The van der Waals surface area contributed by atoms with Crippen LogP contribution in [0, 0.1) is 0 Å². The summed E-state index contributed by atoms with van der Waals surface area (Å²) in [6.07, 6.45) is 2.64. The molecule has 142 valence electrons. The van der Waals surface area contributed by atoms with Gasteiger partial charge in [0.1, 0.15) is 11.5 Å². The maximum absolute atomic E-state index is 12.3. The van der Waals surface area contributed by atoms with Gasteiger partial charge >= 0.3 is 12.6 Å². The lowest BCUT2D eigenvalue weighted by Gasteiger charge is -2.11. The third kappa shape index (κ3) is 6.43. The third-order valence-electron chi connectivity index (χ3n) is 3.26. The highest BCUT2D eigenvalue weighted by Gasteiger charge is 2.12. The molecule has 1 N–H and O–H groups in total. The first-order chi connectivity index (χ1) is 13.0. The number of esters is 1. The van der Waals surface area contributed by atoms with Crippen LogP contribution in [0.5, 0.6) is 11.5 Å². The molecule has 27 heavy (non-hydrogen) atoms. The van der Waals surface area contributed by atoms with E-state index in [0.29, 0.717) is 11.3 Å². The molecule has 0 aliphatic carbocycles. The number of nitrogens with one attached hydrogen (secondary N) is 1. The van der Waals surface area contributed by atoms with E-state index < -0.39 is 25.1 Å². The number of hydrogen-bond acceptors (Lipinski definition) is 5. The summed E-state index contributed by atoms with van der Waals surface area (Å²) in [6, 6.07) is 12.7. The second-order valence-electron chi connectivity index (χ2n) is 5.11. The number of amides is 1. The lowest BCUT2D eigenvalue weighted by Crippen LogP contribution is -2.20. The van der Waals surface area contributed by atoms with Gasteiger partial charge in [0.25, 0.3) is 5.91 Å². The fraction of sp³-hybridized carbons (Fsp3) is 0.158. The van der Waals surface area contributed by atoms with Crippen molar-refractivity contribution in [3.05, 3.63) is 60.2 Å². The Hall–Kier alpha value is -3.42. The van der Waals surface area contributed by atoms with Crippen molar-refractivity contribution in [2.24, 2.45) is 0 Å². The van der Waals surface area contributed by atoms with Gasteiger partial charge in [0.05, 0.1) is 12.8 Å². The fourth-order valence-corrected chi connectivity index (χ4v) is 2.10. The minimum absolute atomic E-state index is 0.0448. The predicted molar refractivity (Wildman–Crippen MR) is 94.7 cm³/mol. The lowest BCUT2D eigenvalue weighted by molar-refractivity contribution is -0.142. The zero-order chi connectivity index (χ0) is 19.6. The summed E-state index contributed by atoms with van der Waals surface area (Å²) in [7, 11) is 1.50. The van der Waals surface area contributed by atoms with E-state index in [1.807, 2.05) is 0 Å². The summed E-state index contributed by atoms with van der Waals surface area (Å²) in [6.45, 7) is -3.61. The normalized spacial score (nSPS) is 10.7. The molecular formula is C19H17F2NO5. The van der Waals surface area contributed by atoms with E-state index in [4.69, 9.17) is 9.47 Å². The minimum atomic E-state index is -3.03. The van der Waals surface area contributed by atoms with Crippen LogP contribution in [0.2, 0.25) is 0 Å². The van der Waals surface area contributed by atoms with Crippen LogP contribution in [0.1, 0.15) is 5.56 Å². The quantitative estimate of drug-likeness (QED) is 0.563. The fourth-order valence-electron chi connectivity index (χ4n) is 2.10. The van der Waals surface area contributed by atoms with E-state index in [0.717, 1.165) is 6.08 Å². The Kier molecular flexibility index (Phi) is 7.30. The second kappa shape index (κ2) is 9.91. The summed E-state index contributed by atoms with van der Waals surface area (Å²) < 4.78 is 39.0. The average Bonchev–Trinajstić information content (AvgIpc) is 2.66. The number of halogens is 2. The molecule has 0 aliphatic heterocycles. The lowest BCUT2D eigenvalue weighted by atomic mass is 10.2. The second-order valence-corrected chi connectivity index (χ2v) is 5.11. The highest BCUT2D eigenvalue weighted by atomic mass is 19.3. The first-order valence-corrected chi connectivity index (χ1v) is 7.81. The van der Waals surface area contributed by atoms with Crippen LogP contribution >= 0.6 is 0 Å². The molecule has 0 spiro atoms. The van der Waals surface area contributed by atoms with Gasteiger partial charge in [0.15, 0.2) is 6.61 Å². The molecule has 0 fully saturated rings. The van der Waals surface area contributed by atoms with Crippen molar-refractivity contribution >= 4 is 23.6 Å². The Balaban J connectivity index is 1.88. The number of carbonyl (C=O) groups is 2. The molecule has 0 aliphatic rings. The Labute approximate surface area is 154 Å². The molecule has 2 aromatic rings. The molecule has 6 nitrogen and oxygen atoms in total. The van der Waals surface area contributed by atoms with Crippen LogP contribution in [-0.2, 0) is 14.3 Å². The molecule has 0 aromatic heterocycles. The summed E-state index contributed by atoms with van der Waals surface area (Å²) in [4.78, 5) is 23.6. The summed E-state index contributed by atoms with van der Waals surface area (Å²) in [5.74, 6) is -1.05. The topological polar surface area (TPSA) is 73.9 Å². The molecule has 0 radical (unpaired) electrons. The molecule has 0 bridgehead atoms. The number of benzene rings is 2.